The van der Waals surface area contributed by atoms with Crippen LogP contribution >= 0.6 is 0 Å². The minimum atomic E-state index is 0.311. The molecule has 17 heavy (non-hydrogen) atoms. The number of anilines is 1. The van der Waals surface area contributed by atoms with Crippen molar-refractivity contribution in [2.45, 2.75) is 20.4 Å². The molecular formula is C15H17NO. The van der Waals surface area contributed by atoms with Crippen LogP contribution in [0.5, 0.6) is 5.75 Å². The fourth-order valence-electron chi connectivity index (χ4n) is 1.95. The zero-order valence-electron chi connectivity index (χ0n) is 10.2. The van der Waals surface area contributed by atoms with E-state index in [4.69, 9.17) is 0 Å². The molecule has 0 saturated carbocycles. The molecule has 0 saturated heterocycles. The van der Waals surface area contributed by atoms with Gasteiger partial charge in [0.1, 0.15) is 5.75 Å². The van der Waals surface area contributed by atoms with Crippen molar-refractivity contribution >= 4 is 5.69 Å². The molecule has 2 aromatic carbocycles. The highest BCUT2D eigenvalue weighted by Gasteiger charge is 2.01. The second-order valence-electron chi connectivity index (χ2n) is 4.29. The van der Waals surface area contributed by atoms with Crippen molar-refractivity contribution in [3.05, 3.63) is 59.2 Å². The molecule has 0 aliphatic heterocycles. The lowest BCUT2D eigenvalue weighted by Crippen LogP contribution is -2.02. The smallest absolute Gasteiger partial charge is 0.115 e. The van der Waals surface area contributed by atoms with Gasteiger partial charge in [-0.05, 0) is 42.7 Å². The van der Waals surface area contributed by atoms with E-state index in [1.165, 1.54) is 16.8 Å². The van der Waals surface area contributed by atoms with Crippen LogP contribution < -0.4 is 5.32 Å². The second kappa shape index (κ2) is 4.91. The second-order valence-corrected chi connectivity index (χ2v) is 4.29. The molecule has 0 amide bonds. The summed E-state index contributed by atoms with van der Waals surface area (Å²) in [6, 6.07) is 13.6. The van der Waals surface area contributed by atoms with Gasteiger partial charge in [-0.2, -0.15) is 0 Å². The molecule has 0 aliphatic carbocycles. The lowest BCUT2D eigenvalue weighted by Gasteiger charge is -2.12. The third kappa shape index (κ3) is 2.78. The number of para-hydroxylation sites is 1. The normalized spacial score (nSPS) is 10.2. The van der Waals surface area contributed by atoms with Crippen LogP contribution in [-0.2, 0) is 6.54 Å². The maximum atomic E-state index is 9.39. The third-order valence-electron chi connectivity index (χ3n) is 2.86. The van der Waals surface area contributed by atoms with Crippen molar-refractivity contribution in [3.63, 3.8) is 0 Å². The molecule has 2 N–H and O–H groups in total. The standard InChI is InChI=1S/C15H17NO/c1-11-5-3-6-12(2)15(11)16-10-13-7-4-8-14(17)9-13/h3-9,16-17H,10H2,1-2H3. The highest BCUT2D eigenvalue weighted by Crippen LogP contribution is 2.20. The van der Waals surface area contributed by atoms with Crippen LogP contribution in [0.15, 0.2) is 42.5 Å². The van der Waals surface area contributed by atoms with Crippen LogP contribution in [-0.4, -0.2) is 5.11 Å². The first kappa shape index (κ1) is 11.5. The van der Waals surface area contributed by atoms with Crippen LogP contribution in [0, 0.1) is 13.8 Å². The summed E-state index contributed by atoms with van der Waals surface area (Å²) >= 11 is 0. The van der Waals surface area contributed by atoms with Crippen molar-refractivity contribution in [1.29, 1.82) is 0 Å². The van der Waals surface area contributed by atoms with Crippen LogP contribution in [0.1, 0.15) is 16.7 Å². The summed E-state index contributed by atoms with van der Waals surface area (Å²) in [6.45, 7) is 4.91. The monoisotopic (exact) mass is 227 g/mol. The lowest BCUT2D eigenvalue weighted by molar-refractivity contribution is 0.474. The average molecular weight is 227 g/mol. The van der Waals surface area contributed by atoms with E-state index in [-0.39, 0.29) is 0 Å². The van der Waals surface area contributed by atoms with Gasteiger partial charge in [-0.15, -0.1) is 0 Å². The molecular weight excluding hydrogens is 210 g/mol. The van der Waals surface area contributed by atoms with Crippen LogP contribution in [0.4, 0.5) is 5.69 Å². The van der Waals surface area contributed by atoms with E-state index in [0.717, 1.165) is 12.1 Å². The minimum Gasteiger partial charge on any atom is -0.508 e. The van der Waals surface area contributed by atoms with E-state index in [1.54, 1.807) is 12.1 Å². The summed E-state index contributed by atoms with van der Waals surface area (Å²) in [7, 11) is 0. The van der Waals surface area contributed by atoms with Crippen molar-refractivity contribution in [2.75, 3.05) is 5.32 Å². The van der Waals surface area contributed by atoms with Gasteiger partial charge in [0.15, 0.2) is 0 Å². The van der Waals surface area contributed by atoms with Gasteiger partial charge in [0.25, 0.3) is 0 Å². The summed E-state index contributed by atoms with van der Waals surface area (Å²) in [5, 5.41) is 12.8. The zero-order valence-corrected chi connectivity index (χ0v) is 10.2. The number of aromatic hydroxyl groups is 1. The molecule has 0 aliphatic rings. The Morgan fingerprint density at radius 1 is 1.00 bits per heavy atom. The number of phenolic OH excluding ortho intramolecular Hbond substituents is 1. The Morgan fingerprint density at radius 3 is 2.29 bits per heavy atom. The average Bonchev–Trinajstić information content (AvgIpc) is 2.28. The van der Waals surface area contributed by atoms with E-state index in [1.807, 2.05) is 12.1 Å². The Hall–Kier alpha value is -1.96. The fraction of sp³-hybridized carbons (Fsp3) is 0.200. The Morgan fingerprint density at radius 2 is 1.65 bits per heavy atom. The molecule has 2 heteroatoms. The predicted octanol–water partition coefficient (Wildman–Crippen LogP) is 3.62. The molecule has 0 heterocycles. The molecule has 0 radical (unpaired) electrons. The molecule has 2 nitrogen and oxygen atoms in total. The first-order valence-electron chi connectivity index (χ1n) is 5.75. The Kier molecular flexibility index (Phi) is 3.33. The number of hydrogen-bond donors (Lipinski definition) is 2. The molecule has 88 valence electrons. The number of nitrogens with one attached hydrogen (secondary N) is 1. The predicted molar refractivity (Wildman–Crippen MR) is 71.3 cm³/mol. The minimum absolute atomic E-state index is 0.311. The third-order valence-corrected chi connectivity index (χ3v) is 2.86. The van der Waals surface area contributed by atoms with Gasteiger partial charge in [-0.1, -0.05) is 30.3 Å². The number of hydrogen-bond acceptors (Lipinski definition) is 2. The zero-order chi connectivity index (χ0) is 12.3. The highest BCUT2D eigenvalue weighted by atomic mass is 16.3. The highest BCUT2D eigenvalue weighted by molar-refractivity contribution is 5.56. The molecule has 0 atom stereocenters. The number of phenols is 1. The maximum Gasteiger partial charge on any atom is 0.115 e. The molecule has 0 spiro atoms. The Bertz CT molecular complexity index is 500. The van der Waals surface area contributed by atoms with Crippen LogP contribution in [0.2, 0.25) is 0 Å². The largest absolute Gasteiger partial charge is 0.508 e. The van der Waals surface area contributed by atoms with Crippen LogP contribution in [0.3, 0.4) is 0 Å². The summed E-state index contributed by atoms with van der Waals surface area (Å²) in [5.74, 6) is 0.311. The van der Waals surface area contributed by atoms with E-state index in [0.29, 0.717) is 5.75 Å². The number of aryl methyl sites for hydroxylation is 2. The molecule has 0 fully saturated rings. The van der Waals surface area contributed by atoms with Gasteiger partial charge in [0.2, 0.25) is 0 Å². The first-order valence-corrected chi connectivity index (χ1v) is 5.75. The lowest BCUT2D eigenvalue weighted by atomic mass is 10.1. The summed E-state index contributed by atoms with van der Waals surface area (Å²) in [5.41, 5.74) is 4.74. The fourth-order valence-corrected chi connectivity index (χ4v) is 1.95. The Balaban J connectivity index is 2.13. The molecule has 2 aromatic rings. The van der Waals surface area contributed by atoms with Crippen molar-refractivity contribution in [1.82, 2.24) is 0 Å². The maximum absolute atomic E-state index is 9.39. The van der Waals surface area contributed by atoms with Crippen molar-refractivity contribution in [3.8, 4) is 5.75 Å². The molecule has 0 unspecified atom stereocenters. The summed E-state index contributed by atoms with van der Waals surface area (Å²) < 4.78 is 0. The van der Waals surface area contributed by atoms with Gasteiger partial charge in [0.05, 0.1) is 0 Å². The van der Waals surface area contributed by atoms with Gasteiger partial charge in [-0.3, -0.25) is 0 Å². The number of benzene rings is 2. The SMILES string of the molecule is Cc1cccc(C)c1NCc1cccc(O)c1. The van der Waals surface area contributed by atoms with E-state index < -0.39 is 0 Å². The summed E-state index contributed by atoms with van der Waals surface area (Å²) in [4.78, 5) is 0. The van der Waals surface area contributed by atoms with E-state index in [2.05, 4.69) is 37.4 Å². The van der Waals surface area contributed by atoms with Crippen molar-refractivity contribution < 1.29 is 5.11 Å². The van der Waals surface area contributed by atoms with E-state index in [9.17, 15) is 5.11 Å². The Labute approximate surface area is 102 Å². The first-order chi connectivity index (χ1) is 8.16. The molecule has 0 aromatic heterocycles. The van der Waals surface area contributed by atoms with E-state index >= 15 is 0 Å². The molecule has 2 rings (SSSR count). The van der Waals surface area contributed by atoms with Crippen LogP contribution in [0.25, 0.3) is 0 Å². The van der Waals surface area contributed by atoms with Gasteiger partial charge < -0.3 is 10.4 Å². The number of rotatable bonds is 3. The van der Waals surface area contributed by atoms with Gasteiger partial charge in [-0.25, -0.2) is 0 Å². The summed E-state index contributed by atoms with van der Waals surface area (Å²) in [6.07, 6.45) is 0. The van der Waals surface area contributed by atoms with Gasteiger partial charge in [0, 0.05) is 12.2 Å². The topological polar surface area (TPSA) is 32.3 Å². The molecule has 0 bridgehead atoms. The quantitative estimate of drug-likeness (QED) is 0.839. The van der Waals surface area contributed by atoms with Crippen molar-refractivity contribution in [2.24, 2.45) is 0 Å². The van der Waals surface area contributed by atoms with Gasteiger partial charge >= 0.3 is 0 Å².